The number of carboxylic acid groups (broad SMARTS) is 1. The van der Waals surface area contributed by atoms with Gasteiger partial charge in [-0.2, -0.15) is 13.2 Å². The van der Waals surface area contributed by atoms with E-state index in [0.717, 1.165) is 11.6 Å². The van der Waals surface area contributed by atoms with Crippen LogP contribution in [0.25, 0.3) is 6.08 Å². The highest BCUT2D eigenvalue weighted by atomic mass is 19.4. The number of aryl methyl sites for hydroxylation is 1. The summed E-state index contributed by atoms with van der Waals surface area (Å²) < 4.78 is 56.0. The van der Waals surface area contributed by atoms with Crippen molar-refractivity contribution in [1.82, 2.24) is 0 Å². The van der Waals surface area contributed by atoms with Crippen molar-refractivity contribution in [3.8, 4) is 23.0 Å². The lowest BCUT2D eigenvalue weighted by Crippen LogP contribution is -2.40. The van der Waals surface area contributed by atoms with Crippen molar-refractivity contribution >= 4 is 12.0 Å². The van der Waals surface area contributed by atoms with Crippen LogP contribution in [0.3, 0.4) is 0 Å². The Morgan fingerprint density at radius 3 is 2.39 bits per heavy atom. The molecule has 0 saturated carbocycles. The Morgan fingerprint density at radius 2 is 1.79 bits per heavy atom. The van der Waals surface area contributed by atoms with Gasteiger partial charge >= 0.3 is 12.1 Å². The molecule has 2 aromatic rings. The van der Waals surface area contributed by atoms with E-state index < -0.39 is 23.8 Å². The van der Waals surface area contributed by atoms with E-state index in [0.29, 0.717) is 17.1 Å². The molecule has 8 heteroatoms. The molecule has 0 aliphatic carbocycles. The van der Waals surface area contributed by atoms with Gasteiger partial charge in [-0.25, -0.2) is 4.79 Å². The van der Waals surface area contributed by atoms with Crippen LogP contribution in [0, 0.1) is 13.8 Å². The first-order chi connectivity index (χ1) is 13.1. The van der Waals surface area contributed by atoms with Gasteiger partial charge in [0.2, 0.25) is 6.10 Å². The van der Waals surface area contributed by atoms with Crippen LogP contribution in [0.5, 0.6) is 23.0 Å². The minimum absolute atomic E-state index is 0.0732. The molecule has 0 aromatic heterocycles. The smallest absolute Gasteiger partial charge is 0.430 e. The zero-order chi connectivity index (χ0) is 20.6. The Labute approximate surface area is 159 Å². The Morgan fingerprint density at radius 1 is 1.11 bits per heavy atom. The van der Waals surface area contributed by atoms with Crippen LogP contribution in [0.1, 0.15) is 16.7 Å². The first-order valence-electron chi connectivity index (χ1n) is 8.26. The summed E-state index contributed by atoms with van der Waals surface area (Å²) in [6, 6.07) is 8.26. The van der Waals surface area contributed by atoms with Crippen LogP contribution in [-0.2, 0) is 4.79 Å². The molecular formula is C20H17F3O5. The van der Waals surface area contributed by atoms with E-state index in [2.05, 4.69) is 0 Å². The van der Waals surface area contributed by atoms with Crippen molar-refractivity contribution in [1.29, 1.82) is 0 Å². The first kappa shape index (κ1) is 19.6. The third-order valence-corrected chi connectivity index (χ3v) is 4.30. The highest BCUT2D eigenvalue weighted by Crippen LogP contribution is 2.43. The Kier molecular flexibility index (Phi) is 4.97. The molecule has 1 unspecified atom stereocenters. The van der Waals surface area contributed by atoms with E-state index >= 15 is 0 Å². The van der Waals surface area contributed by atoms with Crippen LogP contribution >= 0.6 is 0 Å². The lowest BCUT2D eigenvalue weighted by Gasteiger charge is -2.28. The lowest BCUT2D eigenvalue weighted by molar-refractivity contribution is -0.187. The topological polar surface area (TPSA) is 65.0 Å². The number of fused-ring (bicyclic) bond motifs is 1. The maximum Gasteiger partial charge on any atom is 0.430 e. The van der Waals surface area contributed by atoms with Gasteiger partial charge in [-0.1, -0.05) is 6.07 Å². The SMILES string of the molecule is COc1cc(C)ccc1Oc1ccc2c(c1C)OC(C(F)(F)F)C(C(=O)O)=C2. The summed E-state index contributed by atoms with van der Waals surface area (Å²) >= 11 is 0. The lowest BCUT2D eigenvalue weighted by atomic mass is 9.99. The Bertz CT molecular complexity index is 963. The van der Waals surface area contributed by atoms with Gasteiger partial charge in [0.15, 0.2) is 11.5 Å². The minimum Gasteiger partial charge on any atom is -0.493 e. The van der Waals surface area contributed by atoms with Crippen molar-refractivity contribution in [2.45, 2.75) is 26.1 Å². The number of hydrogen-bond acceptors (Lipinski definition) is 4. The van der Waals surface area contributed by atoms with Crippen molar-refractivity contribution in [3.05, 3.63) is 52.6 Å². The molecule has 0 amide bonds. The molecule has 1 N–H and O–H groups in total. The monoisotopic (exact) mass is 394 g/mol. The molecule has 2 aromatic carbocycles. The van der Waals surface area contributed by atoms with Gasteiger partial charge in [0.1, 0.15) is 11.5 Å². The van der Waals surface area contributed by atoms with Gasteiger partial charge in [0.05, 0.1) is 12.7 Å². The molecule has 1 aliphatic heterocycles. The predicted molar refractivity (Wildman–Crippen MR) is 95.1 cm³/mol. The number of methoxy groups -OCH3 is 1. The Hall–Kier alpha value is -3.16. The Balaban J connectivity index is 2.03. The van der Waals surface area contributed by atoms with Gasteiger partial charge in [-0.05, 0) is 49.8 Å². The van der Waals surface area contributed by atoms with E-state index in [1.807, 2.05) is 13.0 Å². The van der Waals surface area contributed by atoms with Gasteiger partial charge in [0, 0.05) is 11.1 Å². The average Bonchev–Trinajstić information content (AvgIpc) is 2.63. The molecule has 0 fully saturated rings. The van der Waals surface area contributed by atoms with Crippen molar-refractivity contribution < 1.29 is 37.3 Å². The number of ether oxygens (including phenoxy) is 3. The van der Waals surface area contributed by atoms with Crippen LogP contribution in [0.4, 0.5) is 13.2 Å². The van der Waals surface area contributed by atoms with Gasteiger partial charge in [0.25, 0.3) is 0 Å². The van der Waals surface area contributed by atoms with Crippen molar-refractivity contribution in [3.63, 3.8) is 0 Å². The third kappa shape index (κ3) is 3.62. The highest BCUT2D eigenvalue weighted by Gasteiger charge is 2.48. The van der Waals surface area contributed by atoms with E-state index in [1.165, 1.54) is 13.2 Å². The quantitative estimate of drug-likeness (QED) is 0.800. The maximum atomic E-state index is 13.3. The molecule has 28 heavy (non-hydrogen) atoms. The van der Waals surface area contributed by atoms with Crippen LogP contribution in [0.2, 0.25) is 0 Å². The number of alkyl halides is 3. The number of halogens is 3. The zero-order valence-corrected chi connectivity index (χ0v) is 15.3. The summed E-state index contributed by atoms with van der Waals surface area (Å²) in [4.78, 5) is 11.2. The van der Waals surface area contributed by atoms with E-state index in [4.69, 9.17) is 19.3 Å². The summed E-state index contributed by atoms with van der Waals surface area (Å²) in [5.41, 5.74) is 0.635. The summed E-state index contributed by atoms with van der Waals surface area (Å²) in [6.07, 6.45) is -6.45. The fourth-order valence-corrected chi connectivity index (χ4v) is 2.89. The van der Waals surface area contributed by atoms with Crippen LogP contribution in [0.15, 0.2) is 35.9 Å². The maximum absolute atomic E-state index is 13.3. The van der Waals surface area contributed by atoms with Gasteiger partial charge in [-0.15, -0.1) is 0 Å². The number of carbonyl (C=O) groups is 1. The van der Waals surface area contributed by atoms with Crippen LogP contribution in [-0.4, -0.2) is 30.5 Å². The van der Waals surface area contributed by atoms with E-state index in [-0.39, 0.29) is 17.1 Å². The number of benzene rings is 2. The summed E-state index contributed by atoms with van der Waals surface area (Å²) in [6.45, 7) is 3.43. The number of rotatable bonds is 4. The number of aliphatic carboxylic acids is 1. The number of carboxylic acids is 1. The summed E-state index contributed by atoms with van der Waals surface area (Å²) in [5, 5.41) is 9.11. The first-order valence-corrected chi connectivity index (χ1v) is 8.26. The van der Waals surface area contributed by atoms with Crippen molar-refractivity contribution in [2.24, 2.45) is 0 Å². The second-order valence-electron chi connectivity index (χ2n) is 6.31. The van der Waals surface area contributed by atoms with E-state index in [1.54, 1.807) is 25.1 Å². The molecule has 1 heterocycles. The molecular weight excluding hydrogens is 377 g/mol. The van der Waals surface area contributed by atoms with Gasteiger partial charge < -0.3 is 19.3 Å². The molecule has 1 aliphatic rings. The number of hydrogen-bond donors (Lipinski definition) is 1. The zero-order valence-electron chi connectivity index (χ0n) is 15.3. The van der Waals surface area contributed by atoms with Crippen molar-refractivity contribution in [2.75, 3.05) is 7.11 Å². The second kappa shape index (κ2) is 7.10. The molecule has 148 valence electrons. The van der Waals surface area contributed by atoms with Gasteiger partial charge in [-0.3, -0.25) is 0 Å². The standard InChI is InChI=1S/C20H17F3O5/c1-10-4-6-15(16(8-10)26-3)27-14-7-5-12-9-13(19(24)25)18(20(21,22)23)28-17(12)11(14)2/h4-9,18H,1-3H3,(H,24,25). The normalized spacial score (nSPS) is 15.9. The highest BCUT2D eigenvalue weighted by molar-refractivity contribution is 5.95. The largest absolute Gasteiger partial charge is 0.493 e. The van der Waals surface area contributed by atoms with E-state index in [9.17, 15) is 18.0 Å². The van der Waals surface area contributed by atoms with Crippen LogP contribution < -0.4 is 14.2 Å². The molecule has 3 rings (SSSR count). The molecule has 0 spiro atoms. The summed E-state index contributed by atoms with van der Waals surface area (Å²) in [7, 11) is 1.48. The third-order valence-electron chi connectivity index (χ3n) is 4.30. The molecule has 0 bridgehead atoms. The second-order valence-corrected chi connectivity index (χ2v) is 6.31. The molecule has 1 atom stereocenters. The fourth-order valence-electron chi connectivity index (χ4n) is 2.89. The molecule has 5 nitrogen and oxygen atoms in total. The minimum atomic E-state index is -4.87. The summed E-state index contributed by atoms with van der Waals surface area (Å²) in [5.74, 6) is -0.624. The molecule has 0 radical (unpaired) electrons. The predicted octanol–water partition coefficient (Wildman–Crippen LogP) is 4.90. The fraction of sp³-hybridized carbons (Fsp3) is 0.250. The molecule has 0 saturated heterocycles. The average molecular weight is 394 g/mol.